The molecule has 5 atom stereocenters. The van der Waals surface area contributed by atoms with E-state index in [1.165, 1.54) is 51.4 Å². The van der Waals surface area contributed by atoms with Gasteiger partial charge in [0.2, 0.25) is 0 Å². The molecule has 0 aliphatic rings. The number of hydrogen-bond acceptors (Lipinski definition) is 11. The molecular formula is C43H76O14P2. The Bertz CT molecular complexity index is 1310. The average molecular weight is 879 g/mol. The molecule has 3 unspecified atom stereocenters. The molecule has 0 bridgehead atoms. The predicted molar refractivity (Wildman–Crippen MR) is 231 cm³/mol. The van der Waals surface area contributed by atoms with E-state index in [4.69, 9.17) is 23.8 Å². The molecule has 342 valence electrons. The van der Waals surface area contributed by atoms with E-state index in [0.717, 1.165) is 44.4 Å². The van der Waals surface area contributed by atoms with Crippen LogP contribution < -0.4 is 0 Å². The lowest BCUT2D eigenvalue weighted by Crippen LogP contribution is -2.29. The minimum atomic E-state index is -4.88. The van der Waals surface area contributed by atoms with E-state index >= 15 is 0 Å². The summed E-state index contributed by atoms with van der Waals surface area (Å²) in [4.78, 5) is 52.6. The van der Waals surface area contributed by atoms with Crippen molar-refractivity contribution in [3.8, 4) is 0 Å². The molecule has 0 saturated carbocycles. The highest BCUT2D eigenvalue weighted by Crippen LogP contribution is 2.43. The number of carbonyl (C=O) groups is 2. The summed E-state index contributed by atoms with van der Waals surface area (Å²) < 4.78 is 47.7. The summed E-state index contributed by atoms with van der Waals surface area (Å²) in [5, 5.41) is 19.5. The van der Waals surface area contributed by atoms with Gasteiger partial charge in [0.15, 0.2) is 6.10 Å². The molecule has 0 amide bonds. The Morgan fingerprint density at radius 3 is 1.83 bits per heavy atom. The van der Waals surface area contributed by atoms with Crippen LogP contribution in [0.5, 0.6) is 0 Å². The molecule has 0 aliphatic carbocycles. The zero-order valence-electron chi connectivity index (χ0n) is 35.9. The summed E-state index contributed by atoms with van der Waals surface area (Å²) in [7, 11) is -9.71. The maximum absolute atomic E-state index is 12.6. The zero-order valence-corrected chi connectivity index (χ0v) is 37.6. The number of aliphatic hydroxyl groups is 2. The van der Waals surface area contributed by atoms with Gasteiger partial charge in [0.1, 0.15) is 12.7 Å². The molecule has 16 heteroatoms. The van der Waals surface area contributed by atoms with Crippen LogP contribution in [0, 0.1) is 5.92 Å². The van der Waals surface area contributed by atoms with Gasteiger partial charge in [0.25, 0.3) is 0 Å². The van der Waals surface area contributed by atoms with Crippen LogP contribution in [0.1, 0.15) is 149 Å². The van der Waals surface area contributed by atoms with E-state index in [9.17, 15) is 33.8 Å². The van der Waals surface area contributed by atoms with Crippen LogP contribution in [0.25, 0.3) is 0 Å². The Morgan fingerprint density at radius 1 is 0.627 bits per heavy atom. The van der Waals surface area contributed by atoms with Crippen LogP contribution >= 0.6 is 15.6 Å². The van der Waals surface area contributed by atoms with Gasteiger partial charge in [-0.2, -0.15) is 0 Å². The van der Waals surface area contributed by atoms with Crippen LogP contribution in [0.4, 0.5) is 0 Å². The van der Waals surface area contributed by atoms with Crippen LogP contribution in [0.3, 0.4) is 0 Å². The van der Waals surface area contributed by atoms with Crippen molar-refractivity contribution in [1.82, 2.24) is 0 Å². The van der Waals surface area contributed by atoms with E-state index in [0.29, 0.717) is 25.7 Å². The fourth-order valence-corrected chi connectivity index (χ4v) is 6.53. The predicted octanol–water partition coefficient (Wildman–Crippen LogP) is 9.66. The number of hydrogen-bond donors (Lipinski definition) is 5. The molecule has 0 heterocycles. The van der Waals surface area contributed by atoms with Gasteiger partial charge in [-0.25, -0.2) is 9.13 Å². The van der Waals surface area contributed by atoms with Crippen LogP contribution in [0.2, 0.25) is 0 Å². The van der Waals surface area contributed by atoms with Gasteiger partial charge in [-0.3, -0.25) is 23.2 Å². The Hall–Kier alpha value is -2.22. The number of aliphatic hydroxyl groups excluding tert-OH is 2. The molecule has 0 radical (unpaired) electrons. The highest BCUT2D eigenvalue weighted by atomic mass is 31.2. The maximum atomic E-state index is 12.6. The minimum Gasteiger partial charge on any atom is -0.462 e. The first-order chi connectivity index (χ1) is 28.2. The smallest absolute Gasteiger partial charge is 0.462 e. The Labute approximate surface area is 354 Å². The summed E-state index contributed by atoms with van der Waals surface area (Å²) in [6, 6.07) is 0. The van der Waals surface area contributed by atoms with Gasteiger partial charge in [-0.1, -0.05) is 152 Å². The van der Waals surface area contributed by atoms with Crippen molar-refractivity contribution in [2.24, 2.45) is 5.92 Å². The maximum Gasteiger partial charge on any atom is 0.472 e. The van der Waals surface area contributed by atoms with Crippen molar-refractivity contribution in [3.05, 3.63) is 60.8 Å². The van der Waals surface area contributed by atoms with E-state index in [1.54, 1.807) is 6.08 Å². The lowest BCUT2D eigenvalue weighted by atomic mass is 9.99. The van der Waals surface area contributed by atoms with Gasteiger partial charge < -0.3 is 34.4 Å². The Balaban J connectivity index is 4.67. The molecule has 0 spiro atoms. The summed E-state index contributed by atoms with van der Waals surface area (Å²) in [6.07, 6.45) is 34.2. The number of esters is 2. The average Bonchev–Trinajstić information content (AvgIpc) is 3.19. The molecule has 0 aromatic rings. The number of phosphoric ester groups is 2. The second-order valence-electron chi connectivity index (χ2n) is 14.7. The Kier molecular flexibility index (Phi) is 36.1. The fourth-order valence-electron chi connectivity index (χ4n) is 5.38. The number of ether oxygens (including phenoxy) is 2. The van der Waals surface area contributed by atoms with Crippen molar-refractivity contribution >= 4 is 27.6 Å². The highest BCUT2D eigenvalue weighted by Gasteiger charge is 2.28. The highest BCUT2D eigenvalue weighted by molar-refractivity contribution is 7.47. The molecule has 0 aromatic heterocycles. The van der Waals surface area contributed by atoms with Crippen molar-refractivity contribution < 1.29 is 66.7 Å². The topological polar surface area (TPSA) is 216 Å². The monoisotopic (exact) mass is 878 g/mol. The number of unbranched alkanes of at least 4 members (excludes halogenated alkanes) is 10. The fraction of sp³-hybridized carbons (Fsp3) is 0.721. The summed E-state index contributed by atoms with van der Waals surface area (Å²) in [5.74, 6) is -0.309. The molecule has 0 aromatic carbocycles. The van der Waals surface area contributed by atoms with E-state index in [1.807, 2.05) is 61.6 Å². The molecule has 0 saturated heterocycles. The quantitative estimate of drug-likeness (QED) is 0.0128. The van der Waals surface area contributed by atoms with Gasteiger partial charge in [-0.05, 0) is 50.9 Å². The molecule has 0 fully saturated rings. The van der Waals surface area contributed by atoms with Crippen molar-refractivity contribution in [2.75, 3.05) is 26.4 Å². The van der Waals surface area contributed by atoms with Gasteiger partial charge >= 0.3 is 27.6 Å². The van der Waals surface area contributed by atoms with Crippen LogP contribution in [-0.2, 0) is 41.8 Å². The zero-order chi connectivity index (χ0) is 44.0. The van der Waals surface area contributed by atoms with Crippen LogP contribution in [-0.4, -0.2) is 81.6 Å². The van der Waals surface area contributed by atoms with Gasteiger partial charge in [0.05, 0.1) is 25.9 Å². The largest absolute Gasteiger partial charge is 0.472 e. The number of phosphoric acid groups is 2. The second-order valence-corrected chi connectivity index (χ2v) is 17.4. The summed E-state index contributed by atoms with van der Waals surface area (Å²) in [5.41, 5.74) is 0. The van der Waals surface area contributed by atoms with Gasteiger partial charge in [-0.15, -0.1) is 0 Å². The minimum absolute atomic E-state index is 0.0339. The van der Waals surface area contributed by atoms with Gasteiger partial charge in [0, 0.05) is 12.8 Å². The number of rotatable bonds is 39. The first kappa shape index (κ1) is 56.8. The summed E-state index contributed by atoms with van der Waals surface area (Å²) >= 11 is 0. The third-order valence-electron chi connectivity index (χ3n) is 9.03. The SMILES string of the molecule is CC/C=C\C(O)C/C=C/C=C\C/C=C\C/C=C\CCCC(=O)O[C@H](COC(=O)CCCCCCCCCCCCC(C)CC)COP(=O)(O)OC[C@@H](O)COP(=O)(O)O. The summed E-state index contributed by atoms with van der Waals surface area (Å²) in [6.45, 7) is 3.76. The first-order valence-corrected chi connectivity index (χ1v) is 24.5. The van der Waals surface area contributed by atoms with Crippen molar-refractivity contribution in [2.45, 2.75) is 167 Å². The molecule has 0 aliphatic heterocycles. The molecular weight excluding hydrogens is 802 g/mol. The molecule has 14 nitrogen and oxygen atoms in total. The third kappa shape index (κ3) is 40.9. The standard InChI is InChI=1S/C43H76O14P2/c1-4-6-30-39(44)31-26-22-18-14-9-7-8-10-16-20-24-28-33-43(47)57-41(37-56-59(51,52)55-35-40(45)34-54-58(48,49)50)36-53-42(46)32-27-23-19-15-12-11-13-17-21-25-29-38(3)5-2/h6-8,14,16,18,20,22,26,30,38-41,44-45H,4-5,9-13,15,17,19,21,23-25,27-29,31-37H2,1-3H3,(H,51,52)(H2,48,49,50)/b8-7-,18-14-,20-16-,26-22+,30-6-/t38?,39?,40-,41+/m0/s1. The third-order valence-corrected chi connectivity index (χ3v) is 10.5. The molecule has 59 heavy (non-hydrogen) atoms. The van der Waals surface area contributed by atoms with Crippen molar-refractivity contribution in [3.63, 3.8) is 0 Å². The molecule has 5 N–H and O–H groups in total. The number of carbonyl (C=O) groups excluding carboxylic acids is 2. The van der Waals surface area contributed by atoms with E-state index in [-0.39, 0.29) is 12.8 Å². The second kappa shape index (κ2) is 37.5. The Morgan fingerprint density at radius 2 is 1.19 bits per heavy atom. The first-order valence-electron chi connectivity index (χ1n) is 21.5. The van der Waals surface area contributed by atoms with E-state index in [2.05, 4.69) is 22.9 Å². The lowest BCUT2D eigenvalue weighted by Gasteiger charge is -2.20. The van der Waals surface area contributed by atoms with E-state index < -0.39 is 72.3 Å². The van der Waals surface area contributed by atoms with Crippen LogP contribution in [0.15, 0.2) is 60.8 Å². The normalized spacial score (nSPS) is 15.7. The number of allylic oxidation sites excluding steroid dienone is 8. The molecule has 0 rings (SSSR count). The van der Waals surface area contributed by atoms with Crippen molar-refractivity contribution in [1.29, 1.82) is 0 Å². The lowest BCUT2D eigenvalue weighted by molar-refractivity contribution is -0.161.